The maximum atomic E-state index is 6.38. The van der Waals surface area contributed by atoms with E-state index >= 15 is 0 Å². The smallest absolute Gasteiger partial charge is 0.0737 e. The number of hydrogen-bond acceptors (Lipinski definition) is 2. The highest BCUT2D eigenvalue weighted by atomic mass is 35.5. The molecule has 0 aliphatic carbocycles. The van der Waals surface area contributed by atoms with E-state index in [-0.39, 0.29) is 0 Å². The number of nitrogens with one attached hydrogen (secondary N) is 2. The molecule has 0 spiro atoms. The Balaban J connectivity index is 1.30. The summed E-state index contributed by atoms with van der Waals surface area (Å²) in [6, 6.07) is 39.5. The number of aliphatic imine (C=N–C) groups is 2. The molecule has 4 nitrogen and oxygen atoms in total. The van der Waals surface area contributed by atoms with Gasteiger partial charge in [0.2, 0.25) is 0 Å². The number of allylic oxidation sites excluding steroid dienone is 4. The Morgan fingerprint density at radius 3 is 1.47 bits per heavy atom. The zero-order valence-corrected chi connectivity index (χ0v) is 31.2. The second-order valence-corrected chi connectivity index (χ2v) is 14.3. The zero-order valence-electron chi connectivity index (χ0n) is 28.2. The van der Waals surface area contributed by atoms with Crippen LogP contribution in [0, 0.1) is 0 Å². The largest absolute Gasteiger partial charge is 0.354 e. The van der Waals surface area contributed by atoms with Crippen LogP contribution in [0.25, 0.3) is 22.3 Å². The van der Waals surface area contributed by atoms with Gasteiger partial charge in [0.05, 0.1) is 23.7 Å². The second kappa shape index (κ2) is 14.9. The number of halogens is 4. The molecule has 4 heterocycles. The van der Waals surface area contributed by atoms with Crippen LogP contribution >= 0.6 is 46.4 Å². The van der Waals surface area contributed by atoms with Gasteiger partial charge in [-0.2, -0.15) is 0 Å². The lowest BCUT2D eigenvalue weighted by molar-refractivity contribution is 1.22. The van der Waals surface area contributed by atoms with Crippen molar-refractivity contribution in [2.75, 3.05) is 6.54 Å². The average molecular weight is 769 g/mol. The van der Waals surface area contributed by atoms with E-state index in [0.717, 1.165) is 83.8 Å². The van der Waals surface area contributed by atoms with E-state index in [1.807, 2.05) is 109 Å². The first-order chi connectivity index (χ1) is 25.8. The van der Waals surface area contributed by atoms with Crippen LogP contribution in [0.4, 0.5) is 0 Å². The van der Waals surface area contributed by atoms with E-state index in [1.165, 1.54) is 0 Å². The summed E-state index contributed by atoms with van der Waals surface area (Å²) in [6.45, 7) is 4.99. The Morgan fingerprint density at radius 2 is 0.943 bits per heavy atom. The minimum Gasteiger partial charge on any atom is -0.354 e. The summed E-state index contributed by atoms with van der Waals surface area (Å²) in [4.78, 5) is 17.3. The van der Waals surface area contributed by atoms with E-state index in [0.29, 0.717) is 26.6 Å². The molecule has 53 heavy (non-hydrogen) atoms. The van der Waals surface area contributed by atoms with Gasteiger partial charge in [-0.3, -0.25) is 4.99 Å². The topological polar surface area (TPSA) is 56.3 Å². The van der Waals surface area contributed by atoms with Gasteiger partial charge in [-0.15, -0.1) is 0 Å². The highest BCUT2D eigenvalue weighted by Crippen LogP contribution is 2.34. The fraction of sp³-hybridized carbons (Fsp3) is 0.0222. The molecule has 258 valence electrons. The number of nitrogens with zero attached hydrogens (tertiary/aromatic N) is 2. The summed E-state index contributed by atoms with van der Waals surface area (Å²) in [5, 5.41) is 4.53. The Hall–Kier alpha value is -5.36. The predicted molar refractivity (Wildman–Crippen MR) is 224 cm³/mol. The van der Waals surface area contributed by atoms with Crippen molar-refractivity contribution in [1.29, 1.82) is 0 Å². The summed E-state index contributed by atoms with van der Waals surface area (Å²) >= 11 is 25.2. The van der Waals surface area contributed by atoms with Gasteiger partial charge in [0.1, 0.15) is 0 Å². The minimum atomic E-state index is 0.648. The second-order valence-electron chi connectivity index (χ2n) is 12.5. The van der Waals surface area contributed by atoms with Crippen LogP contribution in [0.5, 0.6) is 0 Å². The molecule has 0 saturated carbocycles. The quantitative estimate of drug-likeness (QED) is 0.155. The molecule has 0 amide bonds. The fourth-order valence-electron chi connectivity index (χ4n) is 6.56. The van der Waals surface area contributed by atoms with Crippen molar-refractivity contribution >= 4 is 80.1 Å². The van der Waals surface area contributed by atoms with Gasteiger partial charge in [-0.05, 0) is 113 Å². The number of aromatic amines is 2. The molecule has 0 unspecified atom stereocenters. The zero-order chi connectivity index (χ0) is 36.5. The molecule has 2 aliphatic rings. The first-order valence-corrected chi connectivity index (χ1v) is 18.4. The van der Waals surface area contributed by atoms with E-state index in [2.05, 4.69) is 53.0 Å². The monoisotopic (exact) mass is 766 g/mol. The van der Waals surface area contributed by atoms with E-state index in [4.69, 9.17) is 56.4 Å². The predicted octanol–water partition coefficient (Wildman–Crippen LogP) is 10.9. The molecule has 0 saturated heterocycles. The van der Waals surface area contributed by atoms with Crippen LogP contribution in [-0.2, 0) is 0 Å². The molecule has 0 radical (unpaired) electrons. The third kappa shape index (κ3) is 7.33. The summed E-state index contributed by atoms with van der Waals surface area (Å²) in [7, 11) is 0. The number of aromatic nitrogens is 2. The molecule has 0 fully saturated rings. The summed E-state index contributed by atoms with van der Waals surface area (Å²) in [5.74, 6) is 0. The first kappa shape index (κ1) is 34.7. The van der Waals surface area contributed by atoms with E-state index < -0.39 is 0 Å². The van der Waals surface area contributed by atoms with Crippen molar-refractivity contribution in [3.63, 3.8) is 0 Å². The normalized spacial score (nSPS) is 15.7. The van der Waals surface area contributed by atoms with Crippen molar-refractivity contribution in [3.8, 4) is 0 Å². The van der Waals surface area contributed by atoms with Gasteiger partial charge >= 0.3 is 0 Å². The Kier molecular flexibility index (Phi) is 9.78. The molecule has 2 aromatic heterocycles. The van der Waals surface area contributed by atoms with E-state index in [1.54, 1.807) is 0 Å². The average Bonchev–Trinajstić information content (AvgIpc) is 4.01. The van der Waals surface area contributed by atoms with Crippen LogP contribution in [0.2, 0.25) is 20.1 Å². The van der Waals surface area contributed by atoms with Gasteiger partial charge in [0, 0.05) is 64.5 Å². The Bertz CT molecular complexity index is 2650. The van der Waals surface area contributed by atoms with Crippen LogP contribution in [0.3, 0.4) is 0 Å². The van der Waals surface area contributed by atoms with Gasteiger partial charge < -0.3 is 9.97 Å². The highest BCUT2D eigenvalue weighted by molar-refractivity contribution is 6.33. The fourth-order valence-corrected chi connectivity index (χ4v) is 7.06. The standard InChI is InChI=1S/C45H30Cl4N4/c1-27(28-4-12-32(46)13-5-28)36-20-21-39(51-36)44(30-8-16-34(48)17-9-30)40-24-25-42(53-40)45(31-10-18-35(49)19-11-31)41-23-22-38(52-41)43(37-3-2-26-50-37)29-6-14-33(47)15-7-29/h2-25,52-53H,1,26H2/b43-38-,44-39-,45-41-. The van der Waals surface area contributed by atoms with Crippen LogP contribution in [0.15, 0.2) is 168 Å². The maximum absolute atomic E-state index is 6.38. The first-order valence-electron chi connectivity index (χ1n) is 16.9. The van der Waals surface area contributed by atoms with E-state index in [9.17, 15) is 0 Å². The van der Waals surface area contributed by atoms with Crippen molar-refractivity contribution in [3.05, 3.63) is 222 Å². The molecule has 8 rings (SSSR count). The summed E-state index contributed by atoms with van der Waals surface area (Å²) in [5.41, 5.74) is 11.9. The Labute approximate surface area is 327 Å². The number of H-pyrrole nitrogens is 2. The molecular weight excluding hydrogens is 738 g/mol. The maximum Gasteiger partial charge on any atom is 0.0737 e. The lowest BCUT2D eigenvalue weighted by atomic mass is 10.0. The molecule has 0 atom stereocenters. The van der Waals surface area contributed by atoms with Crippen LogP contribution < -0.4 is 10.7 Å². The minimum absolute atomic E-state index is 0.648. The van der Waals surface area contributed by atoms with Crippen molar-refractivity contribution < 1.29 is 0 Å². The van der Waals surface area contributed by atoms with Gasteiger partial charge in [-0.1, -0.05) is 108 Å². The Morgan fingerprint density at radius 1 is 0.472 bits per heavy atom. The molecule has 2 N–H and O–H groups in total. The highest BCUT2D eigenvalue weighted by Gasteiger charge is 2.20. The van der Waals surface area contributed by atoms with Crippen LogP contribution in [-0.4, -0.2) is 27.9 Å². The van der Waals surface area contributed by atoms with Crippen LogP contribution in [0.1, 0.15) is 33.6 Å². The number of rotatable bonds is 8. The van der Waals surface area contributed by atoms with Crippen molar-refractivity contribution in [2.45, 2.75) is 0 Å². The summed E-state index contributed by atoms with van der Waals surface area (Å²) < 4.78 is 0. The molecule has 6 aromatic rings. The third-order valence-electron chi connectivity index (χ3n) is 9.14. The molecule has 4 aromatic carbocycles. The number of benzene rings is 4. The van der Waals surface area contributed by atoms with Gasteiger partial charge in [-0.25, -0.2) is 4.99 Å². The third-order valence-corrected chi connectivity index (χ3v) is 10.2. The lowest BCUT2D eigenvalue weighted by Crippen LogP contribution is -2.19. The van der Waals surface area contributed by atoms with Gasteiger partial charge in [0.25, 0.3) is 0 Å². The molecule has 8 heteroatoms. The summed E-state index contributed by atoms with van der Waals surface area (Å²) in [6.07, 6.45) is 8.15. The van der Waals surface area contributed by atoms with Gasteiger partial charge in [0.15, 0.2) is 0 Å². The van der Waals surface area contributed by atoms with Crippen molar-refractivity contribution in [2.24, 2.45) is 9.98 Å². The molecular formula is C45H30Cl4N4. The molecule has 0 bridgehead atoms. The SMILES string of the molecule is C=C(C1=N/C(=C(/c2ccc(Cl)cc2)c2ccc(/C(c3ccc(Cl)cc3)=c3/cc/c(=C(/C4=NCC=C4)c4ccc(Cl)cc4)[nH]3)[nH]2)C=C1)c1ccc(Cl)cc1. The number of hydrogen-bond donors (Lipinski definition) is 2. The molecule has 2 aliphatic heterocycles. The lowest BCUT2D eigenvalue weighted by Gasteiger charge is -2.11. The van der Waals surface area contributed by atoms with Crippen molar-refractivity contribution in [1.82, 2.24) is 9.97 Å².